The van der Waals surface area contributed by atoms with Gasteiger partial charge in [-0.05, 0) is 36.9 Å². The molecule has 8 heteroatoms. The van der Waals surface area contributed by atoms with Crippen molar-refractivity contribution < 1.29 is 8.42 Å². The Labute approximate surface area is 140 Å². The van der Waals surface area contributed by atoms with E-state index < -0.39 is 10.0 Å². The number of hydrogen-bond donors (Lipinski definition) is 2. The van der Waals surface area contributed by atoms with Crippen LogP contribution in [0.2, 0.25) is 0 Å². The van der Waals surface area contributed by atoms with E-state index in [0.29, 0.717) is 17.7 Å². The van der Waals surface area contributed by atoms with Gasteiger partial charge in [0.2, 0.25) is 0 Å². The largest absolute Gasteiger partial charge is 0.399 e. The number of aromatic nitrogens is 2. The first-order valence-electron chi connectivity index (χ1n) is 6.73. The zero-order valence-electron chi connectivity index (χ0n) is 12.4. The zero-order chi connectivity index (χ0) is 15.7. The van der Waals surface area contributed by atoms with Crippen molar-refractivity contribution in [2.45, 2.75) is 11.4 Å². The lowest BCUT2D eigenvalue weighted by Gasteiger charge is -2.07. The topological polar surface area (TPSA) is 90.0 Å². The average molecular weight is 353 g/mol. The summed E-state index contributed by atoms with van der Waals surface area (Å²) in [4.78, 5) is 4.03. The lowest BCUT2D eigenvalue weighted by atomic mass is 10.1. The predicted octanol–water partition coefficient (Wildman–Crippen LogP) is 2.00. The summed E-state index contributed by atoms with van der Waals surface area (Å²) in [6.07, 6.45) is 4.51. The average Bonchev–Trinajstić information content (AvgIpc) is 2.87. The van der Waals surface area contributed by atoms with Crippen molar-refractivity contribution in [1.82, 2.24) is 14.3 Å². The van der Waals surface area contributed by atoms with Crippen LogP contribution in [0.15, 0.2) is 53.8 Å². The van der Waals surface area contributed by atoms with Crippen molar-refractivity contribution in [3.05, 3.63) is 54.5 Å². The Balaban J connectivity index is 0.00000192. The molecule has 0 spiro atoms. The molecular formula is C15H17ClN4O2S. The summed E-state index contributed by atoms with van der Waals surface area (Å²) in [5, 5.41) is 3.90. The molecule has 3 N–H and O–H groups in total. The quantitative estimate of drug-likeness (QED) is 0.701. The molecule has 1 aromatic carbocycles. The van der Waals surface area contributed by atoms with Gasteiger partial charge in [-0.25, -0.2) is 12.4 Å². The fourth-order valence-electron chi connectivity index (χ4n) is 2.43. The summed E-state index contributed by atoms with van der Waals surface area (Å²) >= 11 is 0. The Bertz CT molecular complexity index is 923. The fraction of sp³-hybridized carbons (Fsp3) is 0.133. The van der Waals surface area contributed by atoms with Crippen LogP contribution in [-0.2, 0) is 16.6 Å². The van der Waals surface area contributed by atoms with E-state index in [-0.39, 0.29) is 17.3 Å². The first-order valence-corrected chi connectivity index (χ1v) is 8.17. The number of nitrogens with two attached hydrogens (primary N) is 1. The van der Waals surface area contributed by atoms with Crippen LogP contribution < -0.4 is 11.1 Å². The number of nitrogen functional groups attached to an aromatic ring is 1. The molecule has 0 radical (unpaired) electrons. The van der Waals surface area contributed by atoms with Gasteiger partial charge < -0.3 is 11.1 Å². The Hall–Kier alpha value is -2.09. The van der Waals surface area contributed by atoms with E-state index >= 15 is 0 Å². The highest BCUT2D eigenvalue weighted by Crippen LogP contribution is 2.27. The van der Waals surface area contributed by atoms with Crippen LogP contribution in [-0.4, -0.2) is 24.4 Å². The zero-order valence-corrected chi connectivity index (χ0v) is 14.1. The number of nitrogens with one attached hydrogen (secondary N) is 1. The molecule has 2 aromatic heterocycles. The maximum atomic E-state index is 12.8. The molecule has 3 rings (SSSR count). The molecule has 2 heterocycles. The molecule has 0 saturated carbocycles. The minimum absolute atomic E-state index is 0. The third-order valence-electron chi connectivity index (χ3n) is 3.44. The van der Waals surface area contributed by atoms with Gasteiger partial charge in [-0.15, -0.1) is 12.4 Å². The molecule has 6 nitrogen and oxygen atoms in total. The molecule has 0 atom stereocenters. The molecule has 0 fully saturated rings. The second-order valence-electron chi connectivity index (χ2n) is 4.95. The Morgan fingerprint density at radius 1 is 1.30 bits per heavy atom. The monoisotopic (exact) mass is 352 g/mol. The summed E-state index contributed by atoms with van der Waals surface area (Å²) in [5.74, 6) is 0. The van der Waals surface area contributed by atoms with Crippen molar-refractivity contribution >= 4 is 39.0 Å². The summed E-state index contributed by atoms with van der Waals surface area (Å²) in [6.45, 7) is 0.565. The maximum Gasteiger partial charge on any atom is 0.269 e. The number of rotatable bonds is 4. The van der Waals surface area contributed by atoms with E-state index in [9.17, 15) is 8.42 Å². The van der Waals surface area contributed by atoms with Crippen molar-refractivity contribution in [3.63, 3.8) is 0 Å². The van der Waals surface area contributed by atoms with Gasteiger partial charge in [0.1, 0.15) is 4.90 Å². The Kier molecular flexibility index (Phi) is 4.93. The number of pyridine rings is 1. The van der Waals surface area contributed by atoms with Crippen molar-refractivity contribution in [2.75, 3.05) is 12.8 Å². The summed E-state index contributed by atoms with van der Waals surface area (Å²) in [7, 11) is -1.89. The lowest BCUT2D eigenvalue weighted by Crippen LogP contribution is -2.12. The van der Waals surface area contributed by atoms with Crippen LogP contribution in [0, 0.1) is 0 Å². The smallest absolute Gasteiger partial charge is 0.269 e. The van der Waals surface area contributed by atoms with E-state index in [4.69, 9.17) is 5.73 Å². The molecule has 0 aliphatic rings. The standard InChI is InChI=1S/C15H16N4O2S.ClH/c1-17-8-11-10-19(15-7-12(16)4-5-14(11)15)22(20,21)13-3-2-6-18-9-13;/h2-7,9-10,17H,8,16H2,1H3;1H. The van der Waals surface area contributed by atoms with Crippen LogP contribution in [0.3, 0.4) is 0 Å². The van der Waals surface area contributed by atoms with Gasteiger partial charge in [-0.1, -0.05) is 6.07 Å². The molecule has 0 amide bonds. The number of nitrogens with zero attached hydrogens (tertiary/aromatic N) is 2. The number of fused-ring (bicyclic) bond motifs is 1. The van der Waals surface area contributed by atoms with Crippen LogP contribution in [0.4, 0.5) is 5.69 Å². The van der Waals surface area contributed by atoms with E-state index in [1.807, 2.05) is 13.1 Å². The number of anilines is 1. The molecule has 0 aliphatic heterocycles. The van der Waals surface area contributed by atoms with Crippen LogP contribution >= 0.6 is 12.4 Å². The number of hydrogen-bond acceptors (Lipinski definition) is 5. The molecule has 0 aliphatic carbocycles. The van der Waals surface area contributed by atoms with Gasteiger partial charge in [-0.2, -0.15) is 0 Å². The second-order valence-corrected chi connectivity index (χ2v) is 6.77. The predicted molar refractivity (Wildman–Crippen MR) is 93.2 cm³/mol. The minimum Gasteiger partial charge on any atom is -0.399 e. The summed E-state index contributed by atoms with van der Waals surface area (Å²) in [6, 6.07) is 8.40. The van der Waals surface area contributed by atoms with Gasteiger partial charge in [0.25, 0.3) is 10.0 Å². The Morgan fingerprint density at radius 3 is 2.74 bits per heavy atom. The van der Waals surface area contributed by atoms with Crippen molar-refractivity contribution in [1.29, 1.82) is 0 Å². The second kappa shape index (κ2) is 6.57. The van der Waals surface area contributed by atoms with E-state index in [1.54, 1.807) is 24.4 Å². The van der Waals surface area contributed by atoms with E-state index in [0.717, 1.165) is 10.9 Å². The minimum atomic E-state index is -3.71. The summed E-state index contributed by atoms with van der Waals surface area (Å²) in [5.41, 5.74) is 7.80. The molecule has 23 heavy (non-hydrogen) atoms. The van der Waals surface area contributed by atoms with Crippen molar-refractivity contribution in [3.8, 4) is 0 Å². The van der Waals surface area contributed by atoms with Gasteiger partial charge in [0.05, 0.1) is 5.52 Å². The highest BCUT2D eigenvalue weighted by atomic mass is 35.5. The van der Waals surface area contributed by atoms with Gasteiger partial charge >= 0.3 is 0 Å². The normalized spacial score (nSPS) is 11.3. The van der Waals surface area contributed by atoms with Crippen LogP contribution in [0.5, 0.6) is 0 Å². The van der Waals surface area contributed by atoms with E-state index in [1.165, 1.54) is 22.4 Å². The van der Waals surface area contributed by atoms with Crippen LogP contribution in [0.1, 0.15) is 5.56 Å². The first kappa shape index (κ1) is 17.3. The molecule has 3 aromatic rings. The maximum absolute atomic E-state index is 12.8. The molecular weight excluding hydrogens is 336 g/mol. The van der Waals surface area contributed by atoms with Gasteiger partial charge in [0, 0.05) is 36.2 Å². The first-order chi connectivity index (χ1) is 10.5. The summed E-state index contributed by atoms with van der Waals surface area (Å²) < 4.78 is 26.9. The third-order valence-corrected chi connectivity index (χ3v) is 5.09. The molecule has 0 saturated heterocycles. The molecule has 122 valence electrons. The van der Waals surface area contributed by atoms with Crippen molar-refractivity contribution in [2.24, 2.45) is 0 Å². The van der Waals surface area contributed by atoms with Crippen LogP contribution in [0.25, 0.3) is 10.9 Å². The number of halogens is 1. The molecule has 0 bridgehead atoms. The third kappa shape index (κ3) is 3.03. The SMILES string of the molecule is CNCc1cn(S(=O)(=O)c2cccnc2)c2cc(N)ccc12.Cl. The highest BCUT2D eigenvalue weighted by Gasteiger charge is 2.21. The van der Waals surface area contributed by atoms with Gasteiger partial charge in [-0.3, -0.25) is 4.98 Å². The number of benzene rings is 1. The van der Waals surface area contributed by atoms with E-state index in [2.05, 4.69) is 10.3 Å². The highest BCUT2D eigenvalue weighted by molar-refractivity contribution is 7.90. The molecule has 0 unspecified atom stereocenters. The lowest BCUT2D eigenvalue weighted by molar-refractivity contribution is 0.588. The fourth-order valence-corrected chi connectivity index (χ4v) is 3.77. The van der Waals surface area contributed by atoms with Gasteiger partial charge in [0.15, 0.2) is 0 Å². The Morgan fingerprint density at radius 2 is 2.09 bits per heavy atom.